The molecule has 21 heavy (non-hydrogen) atoms. The number of imide groups is 1. The number of amides is 2. The highest BCUT2D eigenvalue weighted by molar-refractivity contribution is 9.12. The van der Waals surface area contributed by atoms with Gasteiger partial charge in [-0.2, -0.15) is 0 Å². The van der Waals surface area contributed by atoms with Crippen molar-refractivity contribution in [3.05, 3.63) is 29.3 Å². The van der Waals surface area contributed by atoms with Crippen LogP contribution in [-0.2, 0) is 9.59 Å². The standard InChI is InChI=1S/C16H17Br2NO2/c1-8-4-3-5-9(2)14(8)19-15(20)10-6-12(17)13(18)7-11(10)16(19)21/h3-5,10-13H,6-7H2,1-2H3. The van der Waals surface area contributed by atoms with Gasteiger partial charge in [0.05, 0.1) is 17.5 Å². The Morgan fingerprint density at radius 1 is 0.952 bits per heavy atom. The van der Waals surface area contributed by atoms with Gasteiger partial charge in [-0.25, -0.2) is 4.90 Å². The molecule has 2 aliphatic rings. The van der Waals surface area contributed by atoms with Gasteiger partial charge in [0.1, 0.15) is 0 Å². The van der Waals surface area contributed by atoms with Gasteiger partial charge in [-0.3, -0.25) is 9.59 Å². The number of fused-ring (bicyclic) bond motifs is 1. The lowest BCUT2D eigenvalue weighted by atomic mass is 9.81. The number of hydrogen-bond acceptors (Lipinski definition) is 2. The Bertz CT molecular complexity index is 568. The lowest BCUT2D eigenvalue weighted by Crippen LogP contribution is -2.34. The van der Waals surface area contributed by atoms with Gasteiger partial charge in [0.2, 0.25) is 11.8 Å². The minimum atomic E-state index is -0.185. The highest BCUT2D eigenvalue weighted by Gasteiger charge is 2.52. The lowest BCUT2D eigenvalue weighted by Gasteiger charge is -2.29. The number of carbonyl (C=O) groups excluding carboxylic acids is 2. The van der Waals surface area contributed by atoms with E-state index >= 15 is 0 Å². The van der Waals surface area contributed by atoms with Crippen molar-refractivity contribution in [1.29, 1.82) is 0 Å². The van der Waals surface area contributed by atoms with Crippen LogP contribution in [-0.4, -0.2) is 21.5 Å². The third kappa shape index (κ3) is 2.38. The summed E-state index contributed by atoms with van der Waals surface area (Å²) in [4.78, 5) is 27.5. The number of alkyl halides is 2. The third-order valence-electron chi connectivity index (χ3n) is 4.57. The van der Waals surface area contributed by atoms with Crippen molar-refractivity contribution >= 4 is 49.4 Å². The molecule has 1 saturated heterocycles. The summed E-state index contributed by atoms with van der Waals surface area (Å²) >= 11 is 7.23. The van der Waals surface area contributed by atoms with Crippen LogP contribution in [0, 0.1) is 25.7 Å². The lowest BCUT2D eigenvalue weighted by molar-refractivity contribution is -0.122. The molecule has 2 amide bonds. The van der Waals surface area contributed by atoms with Gasteiger partial charge in [0, 0.05) is 9.65 Å². The topological polar surface area (TPSA) is 37.4 Å². The van der Waals surface area contributed by atoms with E-state index in [1.54, 1.807) is 0 Å². The highest BCUT2D eigenvalue weighted by Crippen LogP contribution is 2.45. The van der Waals surface area contributed by atoms with Gasteiger partial charge < -0.3 is 0 Å². The zero-order valence-electron chi connectivity index (χ0n) is 12.0. The first kappa shape index (κ1) is 15.2. The monoisotopic (exact) mass is 413 g/mol. The maximum Gasteiger partial charge on any atom is 0.237 e. The quantitative estimate of drug-likeness (QED) is 0.518. The highest BCUT2D eigenvalue weighted by atomic mass is 79.9. The van der Waals surface area contributed by atoms with Crippen molar-refractivity contribution in [2.24, 2.45) is 11.8 Å². The van der Waals surface area contributed by atoms with Crippen LogP contribution < -0.4 is 4.90 Å². The molecular formula is C16H17Br2NO2. The first-order chi connectivity index (χ1) is 9.91. The second-order valence-electron chi connectivity index (χ2n) is 5.97. The smallest absolute Gasteiger partial charge is 0.237 e. The van der Waals surface area contributed by atoms with Gasteiger partial charge in [0.25, 0.3) is 0 Å². The van der Waals surface area contributed by atoms with E-state index in [1.165, 1.54) is 4.90 Å². The summed E-state index contributed by atoms with van der Waals surface area (Å²) < 4.78 is 0. The zero-order chi connectivity index (χ0) is 15.3. The average molecular weight is 415 g/mol. The Kier molecular flexibility index (Phi) is 3.99. The van der Waals surface area contributed by atoms with E-state index in [2.05, 4.69) is 31.9 Å². The van der Waals surface area contributed by atoms with E-state index in [1.807, 2.05) is 32.0 Å². The molecule has 4 unspecified atom stereocenters. The molecule has 0 aromatic heterocycles. The SMILES string of the molecule is Cc1cccc(C)c1N1C(=O)C2CC(Br)C(Br)CC2C1=O. The summed E-state index contributed by atoms with van der Waals surface area (Å²) in [6, 6.07) is 5.85. The minimum absolute atomic E-state index is 0.0359. The van der Waals surface area contributed by atoms with E-state index in [4.69, 9.17) is 0 Å². The fraction of sp³-hybridized carbons (Fsp3) is 0.500. The van der Waals surface area contributed by atoms with Crippen molar-refractivity contribution in [3.8, 4) is 0 Å². The van der Waals surface area contributed by atoms with Crippen molar-refractivity contribution in [1.82, 2.24) is 0 Å². The summed E-state index contributed by atoms with van der Waals surface area (Å²) in [7, 11) is 0. The zero-order valence-corrected chi connectivity index (χ0v) is 15.1. The van der Waals surface area contributed by atoms with Crippen molar-refractivity contribution in [3.63, 3.8) is 0 Å². The molecule has 1 saturated carbocycles. The number of nitrogens with zero attached hydrogens (tertiary/aromatic N) is 1. The number of benzene rings is 1. The largest absolute Gasteiger partial charge is 0.274 e. The van der Waals surface area contributed by atoms with Gasteiger partial charge in [0.15, 0.2) is 0 Å². The Labute approximate surface area is 141 Å². The molecular weight excluding hydrogens is 398 g/mol. The van der Waals surface area contributed by atoms with Crippen LogP contribution in [0.1, 0.15) is 24.0 Å². The van der Waals surface area contributed by atoms with E-state index in [-0.39, 0.29) is 33.3 Å². The molecule has 0 radical (unpaired) electrons. The summed E-state index contributed by atoms with van der Waals surface area (Å²) in [5, 5.41) is 0. The van der Waals surface area contributed by atoms with Crippen LogP contribution in [0.4, 0.5) is 5.69 Å². The molecule has 1 heterocycles. The Balaban J connectivity index is 2.02. The molecule has 1 aromatic rings. The Morgan fingerprint density at radius 2 is 1.38 bits per heavy atom. The number of aryl methyl sites for hydroxylation is 2. The van der Waals surface area contributed by atoms with E-state index in [9.17, 15) is 9.59 Å². The van der Waals surface area contributed by atoms with Gasteiger partial charge in [-0.15, -0.1) is 0 Å². The van der Waals surface area contributed by atoms with E-state index in [0.29, 0.717) is 12.8 Å². The predicted octanol–water partition coefficient (Wildman–Crippen LogP) is 3.73. The van der Waals surface area contributed by atoms with Gasteiger partial charge in [-0.05, 0) is 37.8 Å². The second-order valence-corrected chi connectivity index (χ2v) is 8.32. The fourth-order valence-electron chi connectivity index (χ4n) is 3.47. The molecule has 3 rings (SSSR count). The van der Waals surface area contributed by atoms with Crippen molar-refractivity contribution in [2.45, 2.75) is 36.3 Å². The number of carbonyl (C=O) groups is 2. The summed E-state index contributed by atoms with van der Waals surface area (Å²) in [5.74, 6) is -0.443. The predicted molar refractivity (Wildman–Crippen MR) is 90.1 cm³/mol. The van der Waals surface area contributed by atoms with Crippen LogP contribution in [0.2, 0.25) is 0 Å². The molecule has 112 valence electrons. The maximum absolute atomic E-state index is 12.8. The first-order valence-electron chi connectivity index (χ1n) is 7.14. The Hall–Kier alpha value is -0.680. The van der Waals surface area contributed by atoms with Crippen LogP contribution in [0.15, 0.2) is 18.2 Å². The Morgan fingerprint density at radius 3 is 1.81 bits per heavy atom. The van der Waals surface area contributed by atoms with E-state index in [0.717, 1.165) is 16.8 Å². The molecule has 1 aliphatic carbocycles. The molecule has 0 N–H and O–H groups in total. The van der Waals surface area contributed by atoms with E-state index < -0.39 is 0 Å². The number of para-hydroxylation sites is 1. The van der Waals surface area contributed by atoms with Crippen molar-refractivity contribution in [2.75, 3.05) is 4.90 Å². The molecule has 1 aliphatic heterocycles. The van der Waals surface area contributed by atoms with Crippen LogP contribution in [0.3, 0.4) is 0 Å². The van der Waals surface area contributed by atoms with Crippen LogP contribution >= 0.6 is 31.9 Å². The summed E-state index contributed by atoms with van der Waals surface area (Å²) in [5.41, 5.74) is 2.72. The molecule has 0 bridgehead atoms. The van der Waals surface area contributed by atoms with Crippen molar-refractivity contribution < 1.29 is 9.59 Å². The third-order valence-corrected chi connectivity index (χ3v) is 7.31. The molecule has 1 aromatic carbocycles. The van der Waals surface area contributed by atoms with Gasteiger partial charge >= 0.3 is 0 Å². The average Bonchev–Trinajstić information content (AvgIpc) is 2.65. The number of halogens is 2. The normalized spacial score (nSPS) is 32.5. The number of rotatable bonds is 1. The molecule has 2 fully saturated rings. The van der Waals surface area contributed by atoms with Gasteiger partial charge in [-0.1, -0.05) is 50.1 Å². The molecule has 4 atom stereocenters. The van der Waals surface area contributed by atoms with Crippen LogP contribution in [0.25, 0.3) is 0 Å². The summed E-state index contributed by atoms with van der Waals surface area (Å²) in [6.07, 6.45) is 1.43. The fourth-order valence-corrected chi connectivity index (χ4v) is 4.71. The number of hydrogen-bond donors (Lipinski definition) is 0. The first-order valence-corrected chi connectivity index (χ1v) is 8.97. The molecule has 5 heteroatoms. The number of anilines is 1. The molecule has 0 spiro atoms. The minimum Gasteiger partial charge on any atom is -0.274 e. The molecule has 3 nitrogen and oxygen atoms in total. The maximum atomic E-state index is 12.8. The van der Waals surface area contributed by atoms with Crippen LogP contribution in [0.5, 0.6) is 0 Å². The summed E-state index contributed by atoms with van der Waals surface area (Å²) in [6.45, 7) is 3.90. The second kappa shape index (κ2) is 5.51.